The van der Waals surface area contributed by atoms with Crippen LogP contribution >= 0.6 is 0 Å². The Morgan fingerprint density at radius 1 is 0.840 bits per heavy atom. The van der Waals surface area contributed by atoms with Crippen molar-refractivity contribution in [3.63, 3.8) is 0 Å². The first-order valence-corrected chi connectivity index (χ1v) is 15.8. The Hall–Kier alpha value is -5.82. The van der Waals surface area contributed by atoms with E-state index in [-0.39, 0.29) is 17.3 Å². The number of rotatable bonds is 8. The predicted molar refractivity (Wildman–Crippen MR) is 194 cm³/mol. The number of carboxylic acid groups (broad SMARTS) is 1. The summed E-state index contributed by atoms with van der Waals surface area (Å²) >= 11 is 0. The summed E-state index contributed by atoms with van der Waals surface area (Å²) in [6.45, 7) is 4.09. The third-order valence-electron chi connectivity index (χ3n) is 8.37. The molecule has 1 fully saturated rings. The highest BCUT2D eigenvalue weighted by atomic mass is 16.5. The number of amides is 2. The number of hydrogen-bond donors (Lipinski definition) is 3. The molecule has 0 unspecified atom stereocenters. The smallest absolute Gasteiger partial charge is 0.337 e. The molecule has 2 aliphatic rings. The number of hydrogen-bond acceptors (Lipinski definition) is 8. The number of nitrogens with one attached hydrogen (secondary N) is 2. The first-order valence-electron chi connectivity index (χ1n) is 15.8. The normalized spacial score (nSPS) is 14.9. The van der Waals surface area contributed by atoms with E-state index in [0.717, 1.165) is 43.1 Å². The summed E-state index contributed by atoms with van der Waals surface area (Å²) in [7, 11) is 5.21. The number of aromatic carboxylic acids is 1. The van der Waals surface area contributed by atoms with Crippen molar-refractivity contribution in [2.45, 2.75) is 0 Å². The number of likely N-dealkylation sites (N-methyl/N-ethyl adjacent to an activating group) is 2. The Morgan fingerprint density at radius 2 is 1.44 bits per heavy atom. The van der Waals surface area contributed by atoms with Crippen molar-refractivity contribution >= 4 is 52.1 Å². The second kappa shape index (κ2) is 17.0. The quantitative estimate of drug-likeness (QED) is 0.183. The van der Waals surface area contributed by atoms with E-state index >= 15 is 0 Å². The molecule has 2 heterocycles. The lowest BCUT2D eigenvalue weighted by Gasteiger charge is -2.32. The molecule has 6 rings (SSSR count). The van der Waals surface area contributed by atoms with Crippen LogP contribution in [-0.4, -0.2) is 98.1 Å². The van der Waals surface area contributed by atoms with Gasteiger partial charge in [-0.3, -0.25) is 14.5 Å². The first-order chi connectivity index (χ1) is 23.6. The zero-order chi connectivity index (χ0) is 34.9. The van der Waals surface area contributed by atoms with Crippen molar-refractivity contribution in [2.24, 2.45) is 0 Å². The highest BCUT2D eigenvalue weighted by molar-refractivity contribution is 6.37. The largest absolute Gasteiger partial charge is 0.478 e. The molecule has 12 nitrogen and oxygen atoms in total. The number of carbonyl (C=O) groups excluding carboxylic acids is 3. The Labute approximate surface area is 290 Å². The summed E-state index contributed by atoms with van der Waals surface area (Å²) < 4.78 is 4.82. The summed E-state index contributed by atoms with van der Waals surface area (Å²) in [6.07, 6.45) is 0. The fourth-order valence-electron chi connectivity index (χ4n) is 5.49. The lowest BCUT2D eigenvalue weighted by atomic mass is 9.99. The van der Waals surface area contributed by atoms with E-state index in [4.69, 9.17) is 9.84 Å². The minimum Gasteiger partial charge on any atom is -0.478 e. The molecule has 4 aromatic rings. The number of fused-ring (bicyclic) bond motifs is 1. The number of benzene rings is 4. The summed E-state index contributed by atoms with van der Waals surface area (Å²) in [6, 6.07) is 30.5. The van der Waals surface area contributed by atoms with E-state index in [2.05, 4.69) is 27.5 Å². The molecule has 2 amide bonds. The molecule has 50 heavy (non-hydrogen) atoms. The number of nitrogens with zero attached hydrogens (tertiary/aromatic N) is 3. The standard InChI is InChI=1S/C31H33N5O4.C7H6O2.H2O/c1-34-15-17-36(18-16-34)20-27(37)35(2)24-12-10-23(11-13-24)32-29(21-7-5-4-6-8-21)28-25-14-9-22(31(39)40-3)19-26(25)33-30(28)38;8-7(9)6-4-2-1-3-5-6;/h4-14,19,32H,15-18,20H2,1-3H3,(H,33,38);1-5H,(H,8,9);1H2. The van der Waals surface area contributed by atoms with Crippen LogP contribution in [-0.2, 0) is 14.3 Å². The molecule has 2 aliphatic heterocycles. The van der Waals surface area contributed by atoms with Gasteiger partial charge in [-0.15, -0.1) is 0 Å². The highest BCUT2D eigenvalue weighted by Crippen LogP contribution is 2.38. The molecule has 4 aromatic carbocycles. The summed E-state index contributed by atoms with van der Waals surface area (Å²) in [5, 5.41) is 14.7. The average molecular weight is 680 g/mol. The van der Waals surface area contributed by atoms with E-state index in [9.17, 15) is 19.2 Å². The van der Waals surface area contributed by atoms with E-state index < -0.39 is 11.9 Å². The number of anilines is 3. The van der Waals surface area contributed by atoms with Crippen LogP contribution in [0.25, 0.3) is 11.3 Å². The van der Waals surface area contributed by atoms with Crippen LogP contribution in [0.1, 0.15) is 31.8 Å². The van der Waals surface area contributed by atoms with Crippen LogP contribution in [0.3, 0.4) is 0 Å². The molecule has 0 radical (unpaired) electrons. The maximum atomic E-state index is 13.2. The van der Waals surface area contributed by atoms with E-state index in [1.54, 1.807) is 60.5 Å². The Balaban J connectivity index is 0.000000490. The Bertz CT molecular complexity index is 1840. The van der Waals surface area contributed by atoms with Gasteiger partial charge in [-0.2, -0.15) is 0 Å². The lowest BCUT2D eigenvalue weighted by Crippen LogP contribution is -2.48. The number of piperazine rings is 1. The van der Waals surface area contributed by atoms with Gasteiger partial charge in [0.05, 0.1) is 41.7 Å². The molecule has 1 saturated heterocycles. The number of esters is 1. The van der Waals surface area contributed by atoms with Gasteiger partial charge >= 0.3 is 11.9 Å². The van der Waals surface area contributed by atoms with Crippen molar-refractivity contribution < 1.29 is 34.5 Å². The fraction of sp³-hybridized carbons (Fsp3) is 0.211. The van der Waals surface area contributed by atoms with Crippen molar-refractivity contribution in [1.82, 2.24) is 9.80 Å². The van der Waals surface area contributed by atoms with Crippen molar-refractivity contribution in [2.75, 3.05) is 69.5 Å². The second-order valence-corrected chi connectivity index (χ2v) is 11.7. The van der Waals surface area contributed by atoms with Gasteiger partial charge < -0.3 is 35.8 Å². The zero-order valence-corrected chi connectivity index (χ0v) is 28.2. The predicted octanol–water partition coefficient (Wildman–Crippen LogP) is 4.18. The summed E-state index contributed by atoms with van der Waals surface area (Å²) in [5.41, 5.74) is 5.43. The zero-order valence-electron chi connectivity index (χ0n) is 28.2. The molecular formula is C38H41N5O7. The number of methoxy groups -OCH3 is 1. The lowest BCUT2D eigenvalue weighted by molar-refractivity contribution is -0.119. The topological polar surface area (TPSA) is 163 Å². The molecule has 12 heteroatoms. The van der Waals surface area contributed by atoms with Gasteiger partial charge in [-0.05, 0) is 61.1 Å². The Morgan fingerprint density at radius 3 is 2.00 bits per heavy atom. The van der Waals surface area contributed by atoms with Gasteiger partial charge in [0.15, 0.2) is 0 Å². The third-order valence-corrected chi connectivity index (χ3v) is 8.37. The van der Waals surface area contributed by atoms with Gasteiger partial charge in [-0.25, -0.2) is 9.59 Å². The maximum absolute atomic E-state index is 13.2. The minimum atomic E-state index is -0.879. The van der Waals surface area contributed by atoms with Crippen LogP contribution in [0.5, 0.6) is 0 Å². The Kier molecular flexibility index (Phi) is 12.6. The van der Waals surface area contributed by atoms with Crippen molar-refractivity contribution in [3.8, 4) is 0 Å². The molecule has 0 saturated carbocycles. The highest BCUT2D eigenvalue weighted by Gasteiger charge is 2.29. The van der Waals surface area contributed by atoms with Crippen LogP contribution in [0, 0.1) is 0 Å². The minimum absolute atomic E-state index is 0. The molecule has 0 spiro atoms. The van der Waals surface area contributed by atoms with Crippen LogP contribution in [0.15, 0.2) is 103 Å². The second-order valence-electron chi connectivity index (χ2n) is 11.7. The molecule has 260 valence electrons. The molecule has 5 N–H and O–H groups in total. The van der Waals surface area contributed by atoms with Gasteiger partial charge in [0.25, 0.3) is 5.91 Å². The van der Waals surface area contributed by atoms with Crippen molar-refractivity contribution in [1.29, 1.82) is 0 Å². The van der Waals surface area contributed by atoms with Crippen LogP contribution in [0.2, 0.25) is 0 Å². The molecule has 0 atom stereocenters. The van der Waals surface area contributed by atoms with E-state index in [1.807, 2.05) is 54.6 Å². The molecule has 0 aromatic heterocycles. The average Bonchev–Trinajstić information content (AvgIpc) is 3.46. The summed E-state index contributed by atoms with van der Waals surface area (Å²) in [5.74, 6) is -1.57. The van der Waals surface area contributed by atoms with E-state index in [1.165, 1.54) is 7.11 Å². The van der Waals surface area contributed by atoms with Gasteiger partial charge in [0.1, 0.15) is 0 Å². The van der Waals surface area contributed by atoms with Crippen LogP contribution in [0.4, 0.5) is 17.1 Å². The maximum Gasteiger partial charge on any atom is 0.337 e. The summed E-state index contributed by atoms with van der Waals surface area (Å²) in [4.78, 5) is 54.5. The van der Waals surface area contributed by atoms with E-state index in [0.29, 0.717) is 40.2 Å². The first kappa shape index (κ1) is 37.0. The number of ether oxygens (including phenoxy) is 1. The number of carboxylic acids is 1. The number of carbonyl (C=O) groups is 4. The fourth-order valence-corrected chi connectivity index (χ4v) is 5.49. The van der Waals surface area contributed by atoms with Gasteiger partial charge in [0, 0.05) is 50.2 Å². The molecular weight excluding hydrogens is 638 g/mol. The third kappa shape index (κ3) is 8.99. The van der Waals surface area contributed by atoms with Crippen molar-refractivity contribution in [3.05, 3.63) is 125 Å². The van der Waals surface area contributed by atoms with Gasteiger partial charge in [-0.1, -0.05) is 54.6 Å². The SMILES string of the molecule is COC(=O)c1ccc2c(c1)NC(=O)C2=C(Nc1ccc(N(C)C(=O)CN2CCN(C)CC2)cc1)c1ccccc1.O.O=C(O)c1ccccc1. The monoisotopic (exact) mass is 679 g/mol. The molecule has 0 aliphatic carbocycles. The van der Waals surface area contributed by atoms with Crippen LogP contribution < -0.4 is 15.5 Å². The molecule has 0 bridgehead atoms. The van der Waals surface area contributed by atoms with Gasteiger partial charge in [0.2, 0.25) is 5.91 Å².